The van der Waals surface area contributed by atoms with Gasteiger partial charge in [-0.3, -0.25) is 4.98 Å². The predicted octanol–water partition coefficient (Wildman–Crippen LogP) is 2.14. The lowest BCUT2D eigenvalue weighted by atomic mass is 9.84. The minimum atomic E-state index is 0.454. The SMILES string of the molecule is NC1CCC(Cc2ccccn2)CC1. The Labute approximate surface area is 85.5 Å². The molecule has 0 spiro atoms. The van der Waals surface area contributed by atoms with Crippen LogP contribution in [-0.2, 0) is 6.42 Å². The highest BCUT2D eigenvalue weighted by atomic mass is 14.7. The normalized spacial score (nSPS) is 27.5. The van der Waals surface area contributed by atoms with Gasteiger partial charge in [-0.05, 0) is 50.2 Å². The average Bonchev–Trinajstić information content (AvgIpc) is 2.23. The van der Waals surface area contributed by atoms with E-state index in [0.29, 0.717) is 6.04 Å². The van der Waals surface area contributed by atoms with Crippen LogP contribution in [0.4, 0.5) is 0 Å². The summed E-state index contributed by atoms with van der Waals surface area (Å²) in [4.78, 5) is 4.36. The van der Waals surface area contributed by atoms with Gasteiger partial charge in [0.05, 0.1) is 0 Å². The molecule has 2 heteroatoms. The van der Waals surface area contributed by atoms with Crippen molar-refractivity contribution in [2.75, 3.05) is 0 Å². The summed E-state index contributed by atoms with van der Waals surface area (Å²) >= 11 is 0. The Morgan fingerprint density at radius 3 is 2.64 bits per heavy atom. The Morgan fingerprint density at radius 1 is 1.21 bits per heavy atom. The Hall–Kier alpha value is -0.890. The highest BCUT2D eigenvalue weighted by Gasteiger charge is 2.18. The second-order valence-corrected chi connectivity index (χ2v) is 4.31. The molecule has 1 aromatic heterocycles. The van der Waals surface area contributed by atoms with Gasteiger partial charge in [0.25, 0.3) is 0 Å². The van der Waals surface area contributed by atoms with Crippen molar-refractivity contribution in [1.82, 2.24) is 4.98 Å². The fourth-order valence-electron chi connectivity index (χ4n) is 2.21. The Morgan fingerprint density at radius 2 is 2.00 bits per heavy atom. The lowest BCUT2D eigenvalue weighted by Gasteiger charge is -2.25. The topological polar surface area (TPSA) is 38.9 Å². The maximum atomic E-state index is 5.87. The monoisotopic (exact) mass is 190 g/mol. The van der Waals surface area contributed by atoms with Gasteiger partial charge in [0.2, 0.25) is 0 Å². The van der Waals surface area contributed by atoms with E-state index in [4.69, 9.17) is 5.73 Å². The van der Waals surface area contributed by atoms with Crippen LogP contribution in [0.15, 0.2) is 24.4 Å². The molecule has 2 nitrogen and oxygen atoms in total. The quantitative estimate of drug-likeness (QED) is 0.776. The van der Waals surface area contributed by atoms with Gasteiger partial charge in [-0.15, -0.1) is 0 Å². The molecule has 1 fully saturated rings. The first-order valence-corrected chi connectivity index (χ1v) is 5.50. The van der Waals surface area contributed by atoms with E-state index in [1.807, 2.05) is 12.3 Å². The first-order valence-electron chi connectivity index (χ1n) is 5.50. The summed E-state index contributed by atoms with van der Waals surface area (Å²) < 4.78 is 0. The Balaban J connectivity index is 1.87. The van der Waals surface area contributed by atoms with E-state index in [1.165, 1.54) is 31.4 Å². The van der Waals surface area contributed by atoms with Crippen LogP contribution in [0, 0.1) is 5.92 Å². The van der Waals surface area contributed by atoms with Crippen molar-refractivity contribution in [2.45, 2.75) is 38.1 Å². The first kappa shape index (κ1) is 9.66. The third-order valence-electron chi connectivity index (χ3n) is 3.12. The number of rotatable bonds is 2. The molecule has 1 saturated carbocycles. The molecule has 0 bridgehead atoms. The molecule has 76 valence electrons. The fraction of sp³-hybridized carbons (Fsp3) is 0.583. The maximum Gasteiger partial charge on any atom is 0.0406 e. The van der Waals surface area contributed by atoms with Gasteiger partial charge in [0.1, 0.15) is 0 Å². The van der Waals surface area contributed by atoms with Crippen LogP contribution in [0.1, 0.15) is 31.4 Å². The molecular weight excluding hydrogens is 172 g/mol. The van der Waals surface area contributed by atoms with E-state index in [-0.39, 0.29) is 0 Å². The van der Waals surface area contributed by atoms with Crippen LogP contribution >= 0.6 is 0 Å². The molecule has 0 unspecified atom stereocenters. The van der Waals surface area contributed by atoms with Crippen LogP contribution in [0.2, 0.25) is 0 Å². The van der Waals surface area contributed by atoms with E-state index in [0.717, 1.165) is 12.3 Å². The zero-order valence-electron chi connectivity index (χ0n) is 8.52. The molecule has 1 aliphatic rings. The van der Waals surface area contributed by atoms with Crippen molar-refractivity contribution in [1.29, 1.82) is 0 Å². The summed E-state index contributed by atoms with van der Waals surface area (Å²) in [7, 11) is 0. The molecule has 0 aliphatic heterocycles. The number of nitrogens with two attached hydrogens (primary N) is 1. The lowest BCUT2D eigenvalue weighted by Crippen LogP contribution is -2.27. The van der Waals surface area contributed by atoms with Crippen molar-refractivity contribution in [3.8, 4) is 0 Å². The van der Waals surface area contributed by atoms with E-state index >= 15 is 0 Å². The van der Waals surface area contributed by atoms with Gasteiger partial charge < -0.3 is 5.73 Å². The van der Waals surface area contributed by atoms with Gasteiger partial charge in [-0.2, -0.15) is 0 Å². The van der Waals surface area contributed by atoms with Gasteiger partial charge in [-0.1, -0.05) is 6.07 Å². The number of nitrogens with zero attached hydrogens (tertiary/aromatic N) is 1. The van der Waals surface area contributed by atoms with Crippen LogP contribution in [-0.4, -0.2) is 11.0 Å². The predicted molar refractivity (Wildman–Crippen MR) is 57.9 cm³/mol. The number of aromatic nitrogens is 1. The summed E-state index contributed by atoms with van der Waals surface area (Å²) in [6.45, 7) is 0. The third-order valence-corrected chi connectivity index (χ3v) is 3.12. The standard InChI is InChI=1S/C12H18N2/c13-11-6-4-10(5-7-11)9-12-3-1-2-8-14-12/h1-3,8,10-11H,4-7,9,13H2. The highest BCUT2D eigenvalue weighted by Crippen LogP contribution is 2.25. The molecule has 0 atom stereocenters. The minimum absolute atomic E-state index is 0.454. The molecule has 0 radical (unpaired) electrons. The molecular formula is C12H18N2. The Kier molecular flexibility index (Phi) is 3.14. The van der Waals surface area contributed by atoms with E-state index < -0.39 is 0 Å². The van der Waals surface area contributed by atoms with Crippen molar-refractivity contribution in [2.24, 2.45) is 11.7 Å². The average molecular weight is 190 g/mol. The van der Waals surface area contributed by atoms with Gasteiger partial charge in [0.15, 0.2) is 0 Å². The summed E-state index contributed by atoms with van der Waals surface area (Å²) in [5, 5.41) is 0. The van der Waals surface area contributed by atoms with Gasteiger partial charge in [-0.25, -0.2) is 0 Å². The van der Waals surface area contributed by atoms with Crippen molar-refractivity contribution >= 4 is 0 Å². The molecule has 2 rings (SSSR count). The first-order chi connectivity index (χ1) is 6.84. The maximum absolute atomic E-state index is 5.87. The van der Waals surface area contributed by atoms with Crippen molar-refractivity contribution in [3.05, 3.63) is 30.1 Å². The zero-order valence-corrected chi connectivity index (χ0v) is 8.52. The third kappa shape index (κ3) is 2.55. The van der Waals surface area contributed by atoms with Crippen LogP contribution in [0.5, 0.6) is 0 Å². The van der Waals surface area contributed by atoms with Crippen molar-refractivity contribution < 1.29 is 0 Å². The molecule has 1 aromatic rings. The Bertz CT molecular complexity index is 263. The summed E-state index contributed by atoms with van der Waals surface area (Å²) in [6, 6.07) is 6.61. The summed E-state index contributed by atoms with van der Waals surface area (Å²) in [6.07, 6.45) is 7.95. The summed E-state index contributed by atoms with van der Waals surface area (Å²) in [5.74, 6) is 0.810. The fourth-order valence-corrected chi connectivity index (χ4v) is 2.21. The van der Waals surface area contributed by atoms with Crippen molar-refractivity contribution in [3.63, 3.8) is 0 Å². The second-order valence-electron chi connectivity index (χ2n) is 4.31. The van der Waals surface area contributed by atoms with Crippen LogP contribution < -0.4 is 5.73 Å². The van der Waals surface area contributed by atoms with Gasteiger partial charge in [0, 0.05) is 17.9 Å². The number of pyridine rings is 1. The van der Waals surface area contributed by atoms with Crippen LogP contribution in [0.25, 0.3) is 0 Å². The second kappa shape index (κ2) is 4.56. The molecule has 0 saturated heterocycles. The molecule has 2 N–H and O–H groups in total. The molecule has 0 aromatic carbocycles. The molecule has 14 heavy (non-hydrogen) atoms. The summed E-state index contributed by atoms with van der Waals surface area (Å²) in [5.41, 5.74) is 7.10. The molecule has 1 aliphatic carbocycles. The van der Waals surface area contributed by atoms with E-state index in [2.05, 4.69) is 17.1 Å². The smallest absolute Gasteiger partial charge is 0.0406 e. The number of hydrogen-bond donors (Lipinski definition) is 1. The largest absolute Gasteiger partial charge is 0.328 e. The zero-order chi connectivity index (χ0) is 9.80. The molecule has 0 amide bonds. The number of hydrogen-bond acceptors (Lipinski definition) is 2. The van der Waals surface area contributed by atoms with Gasteiger partial charge >= 0.3 is 0 Å². The highest BCUT2D eigenvalue weighted by molar-refractivity contribution is 5.04. The lowest BCUT2D eigenvalue weighted by molar-refractivity contribution is 0.323. The van der Waals surface area contributed by atoms with E-state index in [9.17, 15) is 0 Å². The molecule has 1 heterocycles. The van der Waals surface area contributed by atoms with Crippen LogP contribution in [0.3, 0.4) is 0 Å². The minimum Gasteiger partial charge on any atom is -0.328 e. The van der Waals surface area contributed by atoms with E-state index in [1.54, 1.807) is 0 Å².